The average molecular weight is 206 g/mol. The number of nitrogens with one attached hydrogen (secondary N) is 2. The first kappa shape index (κ1) is 9.32. The molecular weight excluding hydrogens is 199 g/mol. The SMILES string of the molecule is O=c1nc(Nc2ccccc2F)cn[nH]1. The van der Waals surface area contributed by atoms with E-state index in [-0.39, 0.29) is 11.5 Å². The molecule has 6 heteroatoms. The second-order valence-corrected chi connectivity index (χ2v) is 2.78. The lowest BCUT2D eigenvalue weighted by atomic mass is 10.3. The summed E-state index contributed by atoms with van der Waals surface area (Å²) in [5, 5.41) is 8.29. The van der Waals surface area contributed by atoms with Gasteiger partial charge in [0.1, 0.15) is 5.82 Å². The minimum atomic E-state index is -0.587. The van der Waals surface area contributed by atoms with Crippen LogP contribution in [-0.4, -0.2) is 15.2 Å². The third-order valence-electron chi connectivity index (χ3n) is 1.71. The van der Waals surface area contributed by atoms with Gasteiger partial charge in [-0.1, -0.05) is 12.1 Å². The van der Waals surface area contributed by atoms with Crippen molar-refractivity contribution in [3.8, 4) is 0 Å². The first-order valence-electron chi connectivity index (χ1n) is 4.19. The molecule has 0 aliphatic rings. The number of aromatic amines is 1. The monoisotopic (exact) mass is 206 g/mol. The zero-order valence-corrected chi connectivity index (χ0v) is 7.57. The zero-order chi connectivity index (χ0) is 10.7. The number of rotatable bonds is 2. The molecule has 0 aliphatic carbocycles. The molecule has 0 saturated heterocycles. The summed E-state index contributed by atoms with van der Waals surface area (Å²) in [4.78, 5) is 14.4. The van der Waals surface area contributed by atoms with E-state index in [1.807, 2.05) is 0 Å². The van der Waals surface area contributed by atoms with Crippen molar-refractivity contribution in [2.24, 2.45) is 0 Å². The Kier molecular flexibility index (Phi) is 2.40. The largest absolute Gasteiger partial charge is 0.363 e. The van der Waals surface area contributed by atoms with E-state index in [2.05, 4.69) is 20.5 Å². The number of nitrogens with zero attached hydrogens (tertiary/aromatic N) is 2. The number of hydrogen-bond donors (Lipinski definition) is 2. The summed E-state index contributed by atoms with van der Waals surface area (Å²) in [5.74, 6) is -0.219. The lowest BCUT2D eigenvalue weighted by molar-refractivity contribution is 0.631. The van der Waals surface area contributed by atoms with Crippen molar-refractivity contribution in [1.82, 2.24) is 15.2 Å². The second kappa shape index (κ2) is 3.87. The summed E-state index contributed by atoms with van der Waals surface area (Å²) >= 11 is 0. The fraction of sp³-hybridized carbons (Fsp3) is 0. The molecule has 76 valence electrons. The molecule has 2 N–H and O–H groups in total. The highest BCUT2D eigenvalue weighted by atomic mass is 19.1. The molecule has 0 bridgehead atoms. The summed E-state index contributed by atoms with van der Waals surface area (Å²) in [6.45, 7) is 0. The molecule has 0 atom stereocenters. The first-order valence-corrected chi connectivity index (χ1v) is 4.19. The fourth-order valence-corrected chi connectivity index (χ4v) is 1.07. The molecule has 1 aromatic heterocycles. The Morgan fingerprint density at radius 1 is 1.33 bits per heavy atom. The van der Waals surface area contributed by atoms with E-state index in [0.29, 0.717) is 0 Å². The van der Waals surface area contributed by atoms with Gasteiger partial charge in [0, 0.05) is 0 Å². The maximum atomic E-state index is 13.2. The Labute approximate surface area is 84.0 Å². The van der Waals surface area contributed by atoms with Crippen molar-refractivity contribution in [3.63, 3.8) is 0 Å². The normalized spacial score (nSPS) is 9.93. The molecule has 0 unspecified atom stereocenters. The predicted octanol–water partition coefficient (Wildman–Crippen LogP) is 1.05. The number of benzene rings is 1. The Balaban J connectivity index is 2.30. The lowest BCUT2D eigenvalue weighted by Gasteiger charge is -2.04. The van der Waals surface area contributed by atoms with E-state index in [1.54, 1.807) is 12.1 Å². The van der Waals surface area contributed by atoms with Crippen LogP contribution in [0.5, 0.6) is 0 Å². The van der Waals surface area contributed by atoms with Crippen molar-refractivity contribution < 1.29 is 4.39 Å². The standard InChI is InChI=1S/C9H7FN4O/c10-6-3-1-2-4-7(6)12-8-5-11-14-9(15)13-8/h1-5H,(H2,12,13,14,15). The van der Waals surface area contributed by atoms with Crippen LogP contribution in [0.4, 0.5) is 15.9 Å². The number of aromatic nitrogens is 3. The van der Waals surface area contributed by atoms with E-state index < -0.39 is 11.5 Å². The molecule has 0 radical (unpaired) electrons. The lowest BCUT2D eigenvalue weighted by Crippen LogP contribution is -2.13. The van der Waals surface area contributed by atoms with Crippen LogP contribution in [0, 0.1) is 5.82 Å². The molecule has 0 spiro atoms. The van der Waals surface area contributed by atoms with Crippen LogP contribution in [0.3, 0.4) is 0 Å². The smallest absolute Gasteiger partial charge is 0.336 e. The van der Waals surface area contributed by atoms with Crippen LogP contribution in [0.1, 0.15) is 0 Å². The van der Waals surface area contributed by atoms with Gasteiger partial charge in [0.05, 0.1) is 11.9 Å². The molecule has 0 amide bonds. The van der Waals surface area contributed by atoms with Crippen molar-refractivity contribution in [3.05, 3.63) is 46.8 Å². The van der Waals surface area contributed by atoms with E-state index >= 15 is 0 Å². The molecule has 2 aromatic rings. The van der Waals surface area contributed by atoms with Gasteiger partial charge in [0.15, 0.2) is 5.82 Å². The molecular formula is C9H7FN4O. The van der Waals surface area contributed by atoms with Crippen molar-refractivity contribution in [2.45, 2.75) is 0 Å². The van der Waals surface area contributed by atoms with E-state index in [9.17, 15) is 9.18 Å². The highest BCUT2D eigenvalue weighted by molar-refractivity contribution is 5.55. The molecule has 1 heterocycles. The van der Waals surface area contributed by atoms with Crippen LogP contribution in [0.15, 0.2) is 35.3 Å². The predicted molar refractivity (Wildman–Crippen MR) is 52.3 cm³/mol. The summed E-state index contributed by atoms with van der Waals surface area (Å²) in [7, 11) is 0. The van der Waals surface area contributed by atoms with E-state index in [4.69, 9.17) is 0 Å². The van der Waals surface area contributed by atoms with Crippen LogP contribution < -0.4 is 11.0 Å². The van der Waals surface area contributed by atoms with Gasteiger partial charge in [0.25, 0.3) is 0 Å². The number of halogens is 1. The number of hydrogen-bond acceptors (Lipinski definition) is 4. The molecule has 2 rings (SSSR count). The van der Waals surface area contributed by atoms with E-state index in [0.717, 1.165) is 0 Å². The van der Waals surface area contributed by atoms with Gasteiger partial charge in [-0.05, 0) is 12.1 Å². The summed E-state index contributed by atoms with van der Waals surface area (Å²) in [6.07, 6.45) is 1.30. The van der Waals surface area contributed by atoms with Crippen LogP contribution in [0.2, 0.25) is 0 Å². The van der Waals surface area contributed by atoms with Crippen molar-refractivity contribution >= 4 is 11.5 Å². The highest BCUT2D eigenvalue weighted by Gasteiger charge is 2.01. The maximum absolute atomic E-state index is 13.2. The van der Waals surface area contributed by atoms with Crippen LogP contribution in [0.25, 0.3) is 0 Å². The van der Waals surface area contributed by atoms with Gasteiger partial charge in [-0.3, -0.25) is 0 Å². The highest BCUT2D eigenvalue weighted by Crippen LogP contribution is 2.15. The molecule has 0 aliphatic heterocycles. The minimum absolute atomic E-state index is 0.198. The topological polar surface area (TPSA) is 70.7 Å². The molecule has 0 saturated carbocycles. The van der Waals surface area contributed by atoms with Crippen molar-refractivity contribution in [2.75, 3.05) is 5.32 Å². The number of H-pyrrole nitrogens is 1. The number of anilines is 2. The summed E-state index contributed by atoms with van der Waals surface area (Å²) in [6, 6.07) is 6.09. The van der Waals surface area contributed by atoms with Gasteiger partial charge in [-0.25, -0.2) is 14.3 Å². The van der Waals surface area contributed by atoms with Gasteiger partial charge in [-0.2, -0.15) is 10.1 Å². The van der Waals surface area contributed by atoms with Crippen molar-refractivity contribution in [1.29, 1.82) is 0 Å². The van der Waals surface area contributed by atoms with Gasteiger partial charge in [-0.15, -0.1) is 0 Å². The van der Waals surface area contributed by atoms with Crippen LogP contribution >= 0.6 is 0 Å². The zero-order valence-electron chi connectivity index (χ0n) is 7.57. The first-order chi connectivity index (χ1) is 7.25. The fourth-order valence-electron chi connectivity index (χ4n) is 1.07. The molecule has 5 nitrogen and oxygen atoms in total. The van der Waals surface area contributed by atoms with Crippen LogP contribution in [-0.2, 0) is 0 Å². The van der Waals surface area contributed by atoms with Gasteiger partial charge in [0.2, 0.25) is 0 Å². The number of para-hydroxylation sites is 1. The Morgan fingerprint density at radius 2 is 2.13 bits per heavy atom. The maximum Gasteiger partial charge on any atom is 0.363 e. The van der Waals surface area contributed by atoms with Gasteiger partial charge < -0.3 is 5.32 Å². The molecule has 1 aromatic carbocycles. The summed E-state index contributed by atoms with van der Waals surface area (Å²) in [5.41, 5.74) is -0.339. The Bertz CT molecular complexity index is 525. The Morgan fingerprint density at radius 3 is 2.87 bits per heavy atom. The third-order valence-corrected chi connectivity index (χ3v) is 1.71. The third kappa shape index (κ3) is 2.16. The molecule has 15 heavy (non-hydrogen) atoms. The molecule has 0 fully saturated rings. The summed E-state index contributed by atoms with van der Waals surface area (Å²) < 4.78 is 13.2. The Hall–Kier alpha value is -2.24. The quantitative estimate of drug-likeness (QED) is 0.770. The average Bonchev–Trinajstić information content (AvgIpc) is 2.22. The minimum Gasteiger partial charge on any atom is -0.336 e. The second-order valence-electron chi connectivity index (χ2n) is 2.78. The van der Waals surface area contributed by atoms with Gasteiger partial charge >= 0.3 is 5.69 Å². The van der Waals surface area contributed by atoms with E-state index in [1.165, 1.54) is 18.3 Å².